The van der Waals surface area contributed by atoms with Crippen LogP contribution in [0.25, 0.3) is 0 Å². The zero-order chi connectivity index (χ0) is 12.3. The van der Waals surface area contributed by atoms with E-state index in [1.54, 1.807) is 0 Å². The van der Waals surface area contributed by atoms with Gasteiger partial charge in [0.2, 0.25) is 0 Å². The van der Waals surface area contributed by atoms with E-state index in [1.807, 2.05) is 38.1 Å². The molecule has 0 saturated heterocycles. The first-order chi connectivity index (χ1) is 8.16. The molecular formula is C15H19NO. The molecule has 0 radical (unpaired) electrons. The number of ether oxygens (including phenoxy) is 1. The van der Waals surface area contributed by atoms with E-state index in [2.05, 4.69) is 6.07 Å². The van der Waals surface area contributed by atoms with Crippen LogP contribution in [-0.4, -0.2) is 6.10 Å². The maximum atomic E-state index is 9.40. The van der Waals surface area contributed by atoms with Crippen LogP contribution in [0.2, 0.25) is 0 Å². The molecule has 0 aliphatic heterocycles. The van der Waals surface area contributed by atoms with Crippen LogP contribution >= 0.6 is 0 Å². The predicted molar refractivity (Wildman–Crippen MR) is 68.0 cm³/mol. The normalized spacial score (nSPS) is 18.0. The maximum Gasteiger partial charge on any atom is 0.119 e. The van der Waals surface area contributed by atoms with Gasteiger partial charge in [-0.3, -0.25) is 0 Å². The van der Waals surface area contributed by atoms with Gasteiger partial charge in [-0.05, 0) is 44.4 Å². The summed E-state index contributed by atoms with van der Waals surface area (Å²) in [5.41, 5.74) is 0.907. The molecule has 2 nitrogen and oxygen atoms in total. The highest BCUT2D eigenvalue weighted by Crippen LogP contribution is 2.40. The molecule has 0 spiro atoms. The largest absolute Gasteiger partial charge is 0.491 e. The Balaban J connectivity index is 2.20. The molecule has 1 aliphatic rings. The fourth-order valence-corrected chi connectivity index (χ4v) is 2.57. The molecule has 1 saturated carbocycles. The average Bonchev–Trinajstić information content (AvgIpc) is 2.79. The molecule has 17 heavy (non-hydrogen) atoms. The van der Waals surface area contributed by atoms with Crippen LogP contribution in [0.5, 0.6) is 5.75 Å². The lowest BCUT2D eigenvalue weighted by Crippen LogP contribution is -2.19. The second-order valence-corrected chi connectivity index (χ2v) is 5.09. The zero-order valence-corrected chi connectivity index (χ0v) is 10.6. The Labute approximate surface area is 103 Å². The Bertz CT molecular complexity index is 408. The minimum absolute atomic E-state index is 0.192. The van der Waals surface area contributed by atoms with Gasteiger partial charge in [0.05, 0.1) is 17.6 Å². The highest BCUT2D eigenvalue weighted by Gasteiger charge is 2.35. The second kappa shape index (κ2) is 4.79. The zero-order valence-electron chi connectivity index (χ0n) is 10.6. The monoisotopic (exact) mass is 229 g/mol. The van der Waals surface area contributed by atoms with E-state index >= 15 is 0 Å². The Morgan fingerprint density at radius 2 is 1.76 bits per heavy atom. The molecule has 90 valence electrons. The fraction of sp³-hybridized carbons (Fsp3) is 0.533. The number of nitriles is 1. The number of rotatable bonds is 3. The summed E-state index contributed by atoms with van der Waals surface area (Å²) in [5.74, 6) is 0.884. The topological polar surface area (TPSA) is 33.0 Å². The van der Waals surface area contributed by atoms with Gasteiger partial charge in [0.25, 0.3) is 0 Å². The lowest BCUT2D eigenvalue weighted by atomic mass is 9.80. The van der Waals surface area contributed by atoms with Gasteiger partial charge < -0.3 is 4.74 Å². The van der Waals surface area contributed by atoms with Crippen LogP contribution in [-0.2, 0) is 5.41 Å². The molecule has 1 aliphatic carbocycles. The summed E-state index contributed by atoms with van der Waals surface area (Å²) in [6, 6.07) is 10.6. The first kappa shape index (κ1) is 12.0. The van der Waals surface area contributed by atoms with E-state index in [4.69, 9.17) is 4.74 Å². The predicted octanol–water partition coefficient (Wildman–Crippen LogP) is 3.81. The standard InChI is InChI=1S/C15H19NO/c1-12(2)17-14-7-5-13(6-8-14)15(11-16)9-3-4-10-15/h5-8,12H,3-4,9-10H2,1-2H3. The summed E-state index contributed by atoms with van der Waals surface area (Å²) in [4.78, 5) is 0. The van der Waals surface area contributed by atoms with Gasteiger partial charge in [-0.25, -0.2) is 0 Å². The highest BCUT2D eigenvalue weighted by molar-refractivity contribution is 5.37. The molecule has 0 amide bonds. The van der Waals surface area contributed by atoms with Crippen LogP contribution < -0.4 is 4.74 Å². The molecule has 2 rings (SSSR count). The van der Waals surface area contributed by atoms with Crippen LogP contribution in [0.4, 0.5) is 0 Å². The van der Waals surface area contributed by atoms with Gasteiger partial charge >= 0.3 is 0 Å². The molecule has 0 atom stereocenters. The van der Waals surface area contributed by atoms with E-state index in [0.717, 1.165) is 37.0 Å². The third-order valence-electron chi connectivity index (χ3n) is 3.45. The average molecular weight is 229 g/mol. The number of benzene rings is 1. The van der Waals surface area contributed by atoms with E-state index < -0.39 is 0 Å². The molecule has 2 heteroatoms. The molecule has 0 heterocycles. The van der Waals surface area contributed by atoms with Gasteiger partial charge in [-0.15, -0.1) is 0 Å². The summed E-state index contributed by atoms with van der Waals surface area (Å²) in [6.45, 7) is 4.03. The van der Waals surface area contributed by atoms with Crippen LogP contribution in [0, 0.1) is 11.3 Å². The number of nitrogens with zero attached hydrogens (tertiary/aromatic N) is 1. The molecular weight excluding hydrogens is 210 g/mol. The Hall–Kier alpha value is -1.49. The lowest BCUT2D eigenvalue weighted by molar-refractivity contribution is 0.242. The van der Waals surface area contributed by atoms with E-state index in [1.165, 1.54) is 0 Å². The van der Waals surface area contributed by atoms with Crippen molar-refractivity contribution in [1.82, 2.24) is 0 Å². The Morgan fingerprint density at radius 3 is 2.24 bits per heavy atom. The summed E-state index contributed by atoms with van der Waals surface area (Å²) >= 11 is 0. The van der Waals surface area contributed by atoms with E-state index in [9.17, 15) is 5.26 Å². The second-order valence-electron chi connectivity index (χ2n) is 5.09. The van der Waals surface area contributed by atoms with Crippen molar-refractivity contribution in [1.29, 1.82) is 5.26 Å². The van der Waals surface area contributed by atoms with Crippen molar-refractivity contribution in [3.8, 4) is 11.8 Å². The maximum absolute atomic E-state index is 9.40. The molecule has 0 aromatic heterocycles. The van der Waals surface area contributed by atoms with Crippen molar-refractivity contribution < 1.29 is 4.74 Å². The molecule has 1 fully saturated rings. The van der Waals surface area contributed by atoms with E-state index in [-0.39, 0.29) is 11.5 Å². The van der Waals surface area contributed by atoms with Crippen LogP contribution in [0.15, 0.2) is 24.3 Å². The van der Waals surface area contributed by atoms with Gasteiger partial charge in [0.1, 0.15) is 5.75 Å². The smallest absolute Gasteiger partial charge is 0.119 e. The van der Waals surface area contributed by atoms with E-state index in [0.29, 0.717) is 0 Å². The highest BCUT2D eigenvalue weighted by atomic mass is 16.5. The third kappa shape index (κ3) is 2.44. The van der Waals surface area contributed by atoms with Gasteiger partial charge in [-0.2, -0.15) is 5.26 Å². The molecule has 1 aromatic carbocycles. The molecule has 0 bridgehead atoms. The van der Waals surface area contributed by atoms with Crippen LogP contribution in [0.1, 0.15) is 45.1 Å². The van der Waals surface area contributed by atoms with Crippen molar-refractivity contribution in [2.24, 2.45) is 0 Å². The summed E-state index contributed by atoms with van der Waals surface area (Å²) in [7, 11) is 0. The van der Waals surface area contributed by atoms with Crippen molar-refractivity contribution in [2.75, 3.05) is 0 Å². The van der Waals surface area contributed by atoms with Gasteiger partial charge in [0.15, 0.2) is 0 Å². The third-order valence-corrected chi connectivity index (χ3v) is 3.45. The van der Waals surface area contributed by atoms with Crippen molar-refractivity contribution in [3.05, 3.63) is 29.8 Å². The molecule has 1 aromatic rings. The number of hydrogen-bond donors (Lipinski definition) is 0. The Morgan fingerprint density at radius 1 is 1.18 bits per heavy atom. The van der Waals surface area contributed by atoms with Crippen LogP contribution in [0.3, 0.4) is 0 Å². The Kier molecular flexibility index (Phi) is 3.38. The SMILES string of the molecule is CC(C)Oc1ccc(C2(C#N)CCCC2)cc1. The molecule has 0 unspecified atom stereocenters. The van der Waals surface area contributed by atoms with Crippen molar-refractivity contribution in [3.63, 3.8) is 0 Å². The quantitative estimate of drug-likeness (QED) is 0.789. The van der Waals surface area contributed by atoms with Gasteiger partial charge in [-0.1, -0.05) is 25.0 Å². The molecule has 0 N–H and O–H groups in total. The van der Waals surface area contributed by atoms with Gasteiger partial charge in [0, 0.05) is 0 Å². The van der Waals surface area contributed by atoms with Crippen molar-refractivity contribution in [2.45, 2.75) is 51.0 Å². The first-order valence-corrected chi connectivity index (χ1v) is 6.35. The fourth-order valence-electron chi connectivity index (χ4n) is 2.57. The summed E-state index contributed by atoms with van der Waals surface area (Å²) in [6.07, 6.45) is 4.51. The minimum Gasteiger partial charge on any atom is -0.491 e. The minimum atomic E-state index is -0.240. The summed E-state index contributed by atoms with van der Waals surface area (Å²) < 4.78 is 5.62. The summed E-state index contributed by atoms with van der Waals surface area (Å²) in [5, 5.41) is 9.40. The number of hydrogen-bond acceptors (Lipinski definition) is 2. The first-order valence-electron chi connectivity index (χ1n) is 6.35. The van der Waals surface area contributed by atoms with Crippen molar-refractivity contribution >= 4 is 0 Å². The lowest BCUT2D eigenvalue weighted by Gasteiger charge is -2.21.